The van der Waals surface area contributed by atoms with Gasteiger partial charge in [0.15, 0.2) is 10.8 Å². The second-order valence-corrected chi connectivity index (χ2v) is 4.68. The van der Waals surface area contributed by atoms with E-state index in [1.54, 1.807) is 24.3 Å². The maximum atomic E-state index is 12.0. The number of carbonyl (C=O) groups is 2. The van der Waals surface area contributed by atoms with Crippen LogP contribution in [0, 0.1) is 0 Å². The molecule has 108 valence electrons. The lowest BCUT2D eigenvalue weighted by atomic mass is 10.1. The third kappa shape index (κ3) is 4.54. The zero-order chi connectivity index (χ0) is 15.2. The second kappa shape index (κ2) is 6.81. The number of halogens is 1. The van der Waals surface area contributed by atoms with E-state index in [4.69, 9.17) is 16.7 Å². The van der Waals surface area contributed by atoms with E-state index in [-0.39, 0.29) is 17.3 Å². The Balaban J connectivity index is 2.05. The number of aromatic nitrogens is 2. The fourth-order valence-electron chi connectivity index (χ4n) is 1.69. The van der Waals surface area contributed by atoms with Crippen molar-refractivity contribution in [2.45, 2.75) is 12.8 Å². The highest BCUT2D eigenvalue weighted by Crippen LogP contribution is 2.13. The quantitative estimate of drug-likeness (QED) is 0.885. The van der Waals surface area contributed by atoms with E-state index < -0.39 is 11.9 Å². The third-order valence-electron chi connectivity index (χ3n) is 2.68. The van der Waals surface area contributed by atoms with Crippen molar-refractivity contribution in [3.63, 3.8) is 0 Å². The minimum Gasteiger partial charge on any atom is -0.481 e. The van der Waals surface area contributed by atoms with Gasteiger partial charge in [0, 0.05) is 12.1 Å². The topological polar surface area (TPSA) is 92.2 Å². The molecule has 2 N–H and O–H groups in total. The summed E-state index contributed by atoms with van der Waals surface area (Å²) in [5.41, 5.74) is 1.55. The van der Waals surface area contributed by atoms with Crippen LogP contribution in [-0.2, 0) is 11.2 Å². The number of aliphatic carboxylic acids is 1. The van der Waals surface area contributed by atoms with Gasteiger partial charge in [0.25, 0.3) is 5.91 Å². The molecule has 2 aromatic rings. The molecule has 21 heavy (non-hydrogen) atoms. The van der Waals surface area contributed by atoms with Crippen LogP contribution in [0.15, 0.2) is 36.4 Å². The molecular formula is C14H12ClN3O3. The molecule has 1 heterocycles. The van der Waals surface area contributed by atoms with Crippen molar-refractivity contribution in [3.8, 4) is 0 Å². The number of rotatable bonds is 5. The van der Waals surface area contributed by atoms with E-state index >= 15 is 0 Å². The van der Waals surface area contributed by atoms with Crippen molar-refractivity contribution in [2.24, 2.45) is 0 Å². The van der Waals surface area contributed by atoms with Crippen LogP contribution in [-0.4, -0.2) is 27.2 Å². The summed E-state index contributed by atoms with van der Waals surface area (Å²) >= 11 is 5.60. The first-order valence-electron chi connectivity index (χ1n) is 6.16. The average molecular weight is 306 g/mol. The summed E-state index contributed by atoms with van der Waals surface area (Å²) in [5, 5.41) is 18.8. The zero-order valence-corrected chi connectivity index (χ0v) is 11.7. The van der Waals surface area contributed by atoms with E-state index in [0.29, 0.717) is 12.1 Å². The van der Waals surface area contributed by atoms with E-state index in [1.165, 1.54) is 12.1 Å². The summed E-state index contributed by atoms with van der Waals surface area (Å²) in [6.07, 6.45) is 0.444. The molecule has 0 fully saturated rings. The summed E-state index contributed by atoms with van der Waals surface area (Å²) in [4.78, 5) is 22.5. The van der Waals surface area contributed by atoms with Gasteiger partial charge in [0.05, 0.1) is 0 Å². The molecule has 0 aliphatic rings. The van der Waals surface area contributed by atoms with Crippen LogP contribution in [0.25, 0.3) is 0 Å². The first-order chi connectivity index (χ1) is 10.0. The van der Waals surface area contributed by atoms with Gasteiger partial charge < -0.3 is 10.4 Å². The Morgan fingerprint density at radius 2 is 2.00 bits per heavy atom. The molecule has 6 nitrogen and oxygen atoms in total. The number of anilines is 1. The van der Waals surface area contributed by atoms with Crippen LogP contribution in [0.1, 0.15) is 22.5 Å². The fraction of sp³-hybridized carbons (Fsp3) is 0.143. The number of nitrogens with zero attached hydrogens (tertiary/aromatic N) is 2. The third-order valence-corrected chi connectivity index (χ3v) is 2.88. The van der Waals surface area contributed by atoms with Crippen molar-refractivity contribution in [1.82, 2.24) is 10.2 Å². The van der Waals surface area contributed by atoms with Gasteiger partial charge in [-0.1, -0.05) is 23.7 Å². The minimum absolute atomic E-state index is 0.0417. The van der Waals surface area contributed by atoms with Crippen LogP contribution in [0.4, 0.5) is 5.69 Å². The molecule has 0 saturated carbocycles. The highest BCUT2D eigenvalue weighted by molar-refractivity contribution is 6.29. The van der Waals surface area contributed by atoms with Crippen molar-refractivity contribution in [1.29, 1.82) is 0 Å². The molecule has 0 aliphatic heterocycles. The van der Waals surface area contributed by atoms with E-state index in [0.717, 1.165) is 5.56 Å². The van der Waals surface area contributed by atoms with E-state index in [1.807, 2.05) is 0 Å². The summed E-state index contributed by atoms with van der Waals surface area (Å²) in [5.74, 6) is -1.27. The number of carboxylic acid groups (broad SMARTS) is 1. The number of benzene rings is 1. The Bertz CT molecular complexity index is 659. The Morgan fingerprint density at radius 3 is 2.67 bits per heavy atom. The maximum absolute atomic E-state index is 12.0. The number of hydrogen-bond acceptors (Lipinski definition) is 4. The molecule has 2 rings (SSSR count). The number of carbonyl (C=O) groups excluding carboxylic acids is 1. The molecule has 0 radical (unpaired) electrons. The van der Waals surface area contributed by atoms with Gasteiger partial charge >= 0.3 is 5.97 Å². The first kappa shape index (κ1) is 14.9. The Hall–Kier alpha value is -2.47. The van der Waals surface area contributed by atoms with Crippen LogP contribution in [0.2, 0.25) is 5.15 Å². The molecular weight excluding hydrogens is 294 g/mol. The Morgan fingerprint density at radius 1 is 1.19 bits per heavy atom. The fourth-order valence-corrected chi connectivity index (χ4v) is 1.79. The first-order valence-corrected chi connectivity index (χ1v) is 6.54. The number of nitrogens with one attached hydrogen (secondary N) is 1. The molecule has 1 aromatic carbocycles. The molecule has 0 saturated heterocycles. The predicted molar refractivity (Wildman–Crippen MR) is 77.4 cm³/mol. The predicted octanol–water partition coefficient (Wildman–Crippen LogP) is 2.40. The SMILES string of the molecule is O=C(O)CCc1cccc(NC(=O)c2ccc(Cl)nn2)c1. The molecule has 1 amide bonds. The molecule has 0 aliphatic carbocycles. The van der Waals surface area contributed by atoms with Crippen LogP contribution in [0.3, 0.4) is 0 Å². The molecule has 0 atom stereocenters. The van der Waals surface area contributed by atoms with Crippen LogP contribution in [0.5, 0.6) is 0 Å². The van der Waals surface area contributed by atoms with Crippen LogP contribution < -0.4 is 5.32 Å². The summed E-state index contributed by atoms with van der Waals surface area (Å²) in [6.45, 7) is 0. The summed E-state index contributed by atoms with van der Waals surface area (Å²) in [6, 6.07) is 9.95. The van der Waals surface area contributed by atoms with Crippen molar-refractivity contribution >= 4 is 29.2 Å². The largest absolute Gasteiger partial charge is 0.481 e. The highest BCUT2D eigenvalue weighted by Gasteiger charge is 2.09. The number of carboxylic acids is 1. The second-order valence-electron chi connectivity index (χ2n) is 4.29. The van der Waals surface area contributed by atoms with Gasteiger partial charge in [0.2, 0.25) is 0 Å². The molecule has 0 spiro atoms. The van der Waals surface area contributed by atoms with Crippen molar-refractivity contribution in [3.05, 3.63) is 52.8 Å². The standard InChI is InChI=1S/C14H12ClN3O3/c15-12-6-5-11(17-18-12)14(21)16-10-3-1-2-9(8-10)4-7-13(19)20/h1-3,5-6,8H,4,7H2,(H,16,21)(H,19,20). The molecule has 0 bridgehead atoms. The highest BCUT2D eigenvalue weighted by atomic mass is 35.5. The summed E-state index contributed by atoms with van der Waals surface area (Å²) < 4.78 is 0. The lowest BCUT2D eigenvalue weighted by Crippen LogP contribution is -2.14. The monoisotopic (exact) mass is 305 g/mol. The Labute approximate surface area is 125 Å². The Kier molecular flexibility index (Phi) is 4.84. The summed E-state index contributed by atoms with van der Waals surface area (Å²) in [7, 11) is 0. The maximum Gasteiger partial charge on any atom is 0.303 e. The van der Waals surface area contributed by atoms with Gasteiger partial charge in [-0.2, -0.15) is 0 Å². The zero-order valence-electron chi connectivity index (χ0n) is 10.9. The minimum atomic E-state index is -0.860. The number of amides is 1. The van der Waals surface area contributed by atoms with E-state index in [9.17, 15) is 9.59 Å². The number of aryl methyl sites for hydroxylation is 1. The van der Waals surface area contributed by atoms with Gasteiger partial charge in [-0.3, -0.25) is 9.59 Å². The molecule has 0 unspecified atom stereocenters. The normalized spacial score (nSPS) is 10.1. The van der Waals surface area contributed by atoms with Gasteiger partial charge in [-0.05, 0) is 36.2 Å². The lowest BCUT2D eigenvalue weighted by molar-refractivity contribution is -0.136. The van der Waals surface area contributed by atoms with Crippen molar-refractivity contribution < 1.29 is 14.7 Å². The molecule has 1 aromatic heterocycles. The lowest BCUT2D eigenvalue weighted by Gasteiger charge is -2.06. The number of hydrogen-bond donors (Lipinski definition) is 2. The molecule has 7 heteroatoms. The van der Waals surface area contributed by atoms with Gasteiger partial charge in [-0.15, -0.1) is 10.2 Å². The van der Waals surface area contributed by atoms with E-state index in [2.05, 4.69) is 15.5 Å². The van der Waals surface area contributed by atoms with Crippen molar-refractivity contribution in [2.75, 3.05) is 5.32 Å². The smallest absolute Gasteiger partial charge is 0.303 e. The average Bonchev–Trinajstić information content (AvgIpc) is 2.46. The van der Waals surface area contributed by atoms with Gasteiger partial charge in [0.1, 0.15) is 0 Å². The van der Waals surface area contributed by atoms with Gasteiger partial charge in [-0.25, -0.2) is 0 Å². The van der Waals surface area contributed by atoms with Crippen LogP contribution >= 0.6 is 11.6 Å².